The maximum Gasteiger partial charge on any atom is 0.153 e. The van der Waals surface area contributed by atoms with Gasteiger partial charge in [-0.15, -0.1) is 0 Å². The molecule has 3 rings (SSSR count). The molecule has 0 bridgehead atoms. The van der Waals surface area contributed by atoms with Crippen molar-refractivity contribution in [3.05, 3.63) is 28.7 Å². The molecule has 0 aromatic carbocycles. The molecule has 0 radical (unpaired) electrons. The van der Waals surface area contributed by atoms with Crippen LogP contribution in [0.3, 0.4) is 0 Å². The second kappa shape index (κ2) is 8.41. The van der Waals surface area contributed by atoms with Crippen LogP contribution in [0.15, 0.2) is 22.2 Å². The third-order valence-electron chi connectivity index (χ3n) is 5.58. The molecule has 1 fully saturated rings. The number of hydrogen-bond acceptors (Lipinski definition) is 8. The summed E-state index contributed by atoms with van der Waals surface area (Å²) in [6.07, 6.45) is 3.49. The fourth-order valence-corrected chi connectivity index (χ4v) is 4.39. The first kappa shape index (κ1) is 21.1. The number of aryl methyl sites for hydroxylation is 1. The number of anilines is 2. The third-order valence-corrected chi connectivity index (χ3v) is 7.13. The summed E-state index contributed by atoms with van der Waals surface area (Å²) in [5.74, 6) is 1.14. The summed E-state index contributed by atoms with van der Waals surface area (Å²) in [7, 11) is 0. The molecule has 0 spiro atoms. The van der Waals surface area contributed by atoms with Gasteiger partial charge in [0.25, 0.3) is 0 Å². The molecule has 2 aromatic heterocycles. The minimum absolute atomic E-state index is 0.131. The number of aromatic nitrogens is 3. The highest BCUT2D eigenvalue weighted by Crippen LogP contribution is 2.38. The molecule has 152 valence electrons. The fraction of sp³-hybridized carbons (Fsp3) is 0.526. The van der Waals surface area contributed by atoms with E-state index in [1.54, 1.807) is 6.07 Å². The molecule has 2 aromatic rings. The lowest BCUT2D eigenvalue weighted by molar-refractivity contribution is 0.204. The van der Waals surface area contributed by atoms with Crippen LogP contribution in [0.4, 0.5) is 11.6 Å². The molecule has 1 unspecified atom stereocenters. The Morgan fingerprint density at radius 1 is 1.36 bits per heavy atom. The Bertz CT molecular complexity index is 855. The van der Waals surface area contributed by atoms with Gasteiger partial charge in [0.2, 0.25) is 0 Å². The van der Waals surface area contributed by atoms with Crippen LogP contribution in [0.1, 0.15) is 38.1 Å². The van der Waals surface area contributed by atoms with E-state index in [4.69, 9.17) is 28.1 Å². The average Bonchev–Trinajstić information content (AvgIpc) is 2.66. The Morgan fingerprint density at radius 3 is 2.64 bits per heavy atom. The molecule has 1 atom stereocenters. The van der Waals surface area contributed by atoms with Crippen molar-refractivity contribution in [2.75, 3.05) is 23.7 Å². The number of pyridine rings is 1. The van der Waals surface area contributed by atoms with E-state index in [0.29, 0.717) is 21.6 Å². The monoisotopic (exact) mass is 422 g/mol. The number of rotatable bonds is 5. The van der Waals surface area contributed by atoms with Crippen LogP contribution in [0, 0.1) is 12.3 Å². The van der Waals surface area contributed by atoms with Crippen molar-refractivity contribution in [2.24, 2.45) is 11.1 Å². The van der Waals surface area contributed by atoms with Crippen LogP contribution in [0.2, 0.25) is 5.02 Å². The van der Waals surface area contributed by atoms with Crippen LogP contribution in [-0.2, 0) is 6.61 Å². The van der Waals surface area contributed by atoms with Gasteiger partial charge in [0.05, 0.1) is 17.3 Å². The zero-order valence-electron chi connectivity index (χ0n) is 16.4. The minimum Gasteiger partial charge on any atom is -0.390 e. The number of nitrogens with two attached hydrogens (primary N) is 2. The van der Waals surface area contributed by atoms with E-state index in [0.717, 1.165) is 42.3 Å². The molecule has 1 aliphatic rings. The van der Waals surface area contributed by atoms with Gasteiger partial charge in [0.15, 0.2) is 5.82 Å². The Balaban J connectivity index is 1.85. The van der Waals surface area contributed by atoms with E-state index in [1.165, 1.54) is 18.0 Å². The van der Waals surface area contributed by atoms with Gasteiger partial charge in [0.1, 0.15) is 16.5 Å². The van der Waals surface area contributed by atoms with Crippen molar-refractivity contribution in [1.29, 1.82) is 0 Å². The second-order valence-corrected chi connectivity index (χ2v) is 9.05. The number of piperidine rings is 1. The van der Waals surface area contributed by atoms with Crippen molar-refractivity contribution in [2.45, 2.75) is 56.2 Å². The van der Waals surface area contributed by atoms with Gasteiger partial charge in [-0.3, -0.25) is 0 Å². The zero-order valence-corrected chi connectivity index (χ0v) is 18.0. The highest BCUT2D eigenvalue weighted by atomic mass is 35.5. The lowest BCUT2D eigenvalue weighted by atomic mass is 9.75. The summed E-state index contributed by atoms with van der Waals surface area (Å²) in [4.78, 5) is 16.4. The fourth-order valence-electron chi connectivity index (χ4n) is 3.28. The van der Waals surface area contributed by atoms with E-state index in [1.807, 2.05) is 6.92 Å². The molecule has 7 nitrogen and oxygen atoms in total. The van der Waals surface area contributed by atoms with Crippen LogP contribution in [0.5, 0.6) is 0 Å². The van der Waals surface area contributed by atoms with Gasteiger partial charge in [0, 0.05) is 30.2 Å². The molecular weight excluding hydrogens is 396 g/mol. The molecule has 1 saturated heterocycles. The maximum absolute atomic E-state index is 9.91. The van der Waals surface area contributed by atoms with Gasteiger partial charge in [-0.25, -0.2) is 15.0 Å². The smallest absolute Gasteiger partial charge is 0.153 e. The normalized spacial score (nSPS) is 17.6. The lowest BCUT2D eigenvalue weighted by Gasteiger charge is -2.42. The van der Waals surface area contributed by atoms with Crippen LogP contribution in [-0.4, -0.2) is 39.2 Å². The van der Waals surface area contributed by atoms with Crippen molar-refractivity contribution in [3.8, 4) is 0 Å². The minimum atomic E-state index is -0.177. The van der Waals surface area contributed by atoms with E-state index in [9.17, 15) is 5.11 Å². The van der Waals surface area contributed by atoms with Crippen LogP contribution in [0.25, 0.3) is 0 Å². The molecular formula is C19H27ClN6OS. The maximum atomic E-state index is 9.91. The molecule has 3 heterocycles. The van der Waals surface area contributed by atoms with Crippen molar-refractivity contribution in [1.82, 2.24) is 15.0 Å². The van der Waals surface area contributed by atoms with Gasteiger partial charge in [-0.2, -0.15) is 0 Å². The van der Waals surface area contributed by atoms with Crippen molar-refractivity contribution in [3.63, 3.8) is 0 Å². The molecule has 0 saturated carbocycles. The second-order valence-electron chi connectivity index (χ2n) is 7.61. The highest BCUT2D eigenvalue weighted by molar-refractivity contribution is 7.99. The molecule has 9 heteroatoms. The third kappa shape index (κ3) is 4.35. The molecule has 0 aliphatic carbocycles. The summed E-state index contributed by atoms with van der Waals surface area (Å²) in [6.45, 7) is 7.74. The molecule has 5 N–H and O–H groups in total. The van der Waals surface area contributed by atoms with Gasteiger partial charge in [-0.1, -0.05) is 30.3 Å². The number of hydrogen-bond donors (Lipinski definition) is 3. The summed E-state index contributed by atoms with van der Waals surface area (Å²) < 4.78 is 0. The average molecular weight is 423 g/mol. The SMILES string of the molecule is Cc1nc(N2CCC(C)(C(C)N)CC2)c(CO)nc1Sc1cc(N)ncc1Cl. The summed E-state index contributed by atoms with van der Waals surface area (Å²) in [5, 5.41) is 11.1. The number of aliphatic hydroxyl groups is 1. The van der Waals surface area contributed by atoms with Crippen LogP contribution >= 0.6 is 23.4 Å². The van der Waals surface area contributed by atoms with Gasteiger partial charge >= 0.3 is 0 Å². The van der Waals surface area contributed by atoms with Crippen LogP contribution < -0.4 is 16.4 Å². The summed E-state index contributed by atoms with van der Waals surface area (Å²) in [6, 6.07) is 1.86. The van der Waals surface area contributed by atoms with Crippen molar-refractivity contribution >= 4 is 35.0 Å². The number of nitrogen functional groups attached to an aromatic ring is 1. The standard InChI is InChI=1S/C19H27ClN6OS/c1-11-18(28-15-8-16(22)23-9-13(15)20)25-14(10-27)17(24-11)26-6-4-19(3,5-7-26)12(2)21/h8-9,12,27H,4-7,10,21H2,1-3H3,(H2,22,23). The largest absolute Gasteiger partial charge is 0.390 e. The number of nitrogens with zero attached hydrogens (tertiary/aromatic N) is 4. The Hall–Kier alpha value is -1.61. The first-order valence-corrected chi connectivity index (χ1v) is 10.5. The van der Waals surface area contributed by atoms with E-state index in [-0.39, 0.29) is 18.1 Å². The predicted octanol–water partition coefficient (Wildman–Crippen LogP) is 3.01. The summed E-state index contributed by atoms with van der Waals surface area (Å²) in [5.41, 5.74) is 13.4. The van der Waals surface area contributed by atoms with Gasteiger partial charge in [-0.05, 0) is 38.2 Å². The Kier molecular flexibility index (Phi) is 6.34. The molecule has 28 heavy (non-hydrogen) atoms. The zero-order chi connectivity index (χ0) is 20.5. The van der Waals surface area contributed by atoms with Gasteiger partial charge < -0.3 is 21.5 Å². The predicted molar refractivity (Wildman–Crippen MR) is 114 cm³/mol. The molecule has 1 aliphatic heterocycles. The highest BCUT2D eigenvalue weighted by Gasteiger charge is 2.34. The topological polar surface area (TPSA) is 114 Å². The summed E-state index contributed by atoms with van der Waals surface area (Å²) >= 11 is 7.59. The Labute approximate surface area is 174 Å². The van der Waals surface area contributed by atoms with E-state index >= 15 is 0 Å². The first-order valence-electron chi connectivity index (χ1n) is 9.31. The van der Waals surface area contributed by atoms with E-state index < -0.39 is 0 Å². The lowest BCUT2D eigenvalue weighted by Crippen LogP contribution is -2.47. The number of aliphatic hydroxyl groups excluding tert-OH is 1. The first-order chi connectivity index (χ1) is 13.2. The molecule has 0 amide bonds. The number of halogens is 1. The van der Waals surface area contributed by atoms with Crippen molar-refractivity contribution < 1.29 is 5.11 Å². The van der Waals surface area contributed by atoms with E-state index in [2.05, 4.69) is 28.7 Å². The Morgan fingerprint density at radius 2 is 2.04 bits per heavy atom. The quantitative estimate of drug-likeness (QED) is 0.673.